The summed E-state index contributed by atoms with van der Waals surface area (Å²) in [7, 11) is 3.24. The second-order valence-corrected chi connectivity index (χ2v) is 5.67. The molecule has 1 heterocycles. The smallest absolute Gasteiger partial charge is 0.262 e. The van der Waals surface area contributed by atoms with Crippen LogP contribution in [-0.2, 0) is 0 Å². The van der Waals surface area contributed by atoms with Gasteiger partial charge < -0.3 is 19.8 Å². The van der Waals surface area contributed by atoms with Gasteiger partial charge in [0.1, 0.15) is 17.1 Å². The molecule has 0 saturated heterocycles. The minimum Gasteiger partial charge on any atom is -0.497 e. The molecule has 25 heavy (non-hydrogen) atoms. The van der Waals surface area contributed by atoms with Gasteiger partial charge in [-0.1, -0.05) is 0 Å². The Bertz CT molecular complexity index is 957. The zero-order valence-corrected chi connectivity index (χ0v) is 14.2. The Morgan fingerprint density at radius 3 is 2.40 bits per heavy atom. The van der Waals surface area contributed by atoms with Crippen molar-refractivity contribution in [2.75, 3.05) is 19.1 Å². The van der Waals surface area contributed by atoms with Gasteiger partial charge in [0.15, 0.2) is 0 Å². The summed E-state index contributed by atoms with van der Waals surface area (Å²) < 4.78 is 10.9. The van der Waals surface area contributed by atoms with Crippen molar-refractivity contribution in [1.82, 2.24) is 0 Å². The number of nitrogens with zero attached hydrogens (tertiary/aromatic N) is 1. The number of benzene rings is 2. The number of hydrogen-bond acceptors (Lipinski definition) is 4. The van der Waals surface area contributed by atoms with Crippen LogP contribution < -0.4 is 15.4 Å². The second-order valence-electron chi connectivity index (χ2n) is 5.67. The van der Waals surface area contributed by atoms with Crippen molar-refractivity contribution in [2.45, 2.75) is 6.92 Å². The van der Waals surface area contributed by atoms with Crippen molar-refractivity contribution in [3.63, 3.8) is 0 Å². The summed E-state index contributed by atoms with van der Waals surface area (Å²) in [5.41, 5.74) is 7.38. The van der Waals surface area contributed by atoms with Gasteiger partial charge in [-0.25, -0.2) is 0 Å². The summed E-state index contributed by atoms with van der Waals surface area (Å²) >= 11 is 0. The predicted molar refractivity (Wildman–Crippen MR) is 95.2 cm³/mol. The fraction of sp³-hybridized carbons (Fsp3) is 0.158. The highest BCUT2D eigenvalue weighted by atomic mass is 16.5. The van der Waals surface area contributed by atoms with E-state index < -0.39 is 5.91 Å². The van der Waals surface area contributed by atoms with Gasteiger partial charge in [0.05, 0.1) is 12.7 Å². The lowest BCUT2D eigenvalue weighted by molar-refractivity contribution is 0.0989. The molecule has 0 aliphatic carbocycles. The number of carbonyl (C=O) groups is 2. The Kier molecular flexibility index (Phi) is 4.19. The number of anilines is 1. The number of fused-ring (bicyclic) bond motifs is 1. The number of hydrogen-bond donors (Lipinski definition) is 1. The van der Waals surface area contributed by atoms with Gasteiger partial charge in [0, 0.05) is 23.7 Å². The molecule has 6 heteroatoms. The molecular weight excluding hydrogens is 320 g/mol. The monoisotopic (exact) mass is 338 g/mol. The normalized spacial score (nSPS) is 10.7. The molecule has 3 aromatic rings. The number of primary amides is 1. The third-order valence-corrected chi connectivity index (χ3v) is 4.13. The molecule has 0 bridgehead atoms. The molecule has 2 N–H and O–H groups in total. The highest BCUT2D eigenvalue weighted by Gasteiger charge is 2.22. The lowest BCUT2D eigenvalue weighted by atomic mass is 10.1. The van der Waals surface area contributed by atoms with Crippen molar-refractivity contribution in [3.8, 4) is 5.75 Å². The van der Waals surface area contributed by atoms with Gasteiger partial charge in [-0.05, 0) is 49.4 Å². The highest BCUT2D eigenvalue weighted by Crippen LogP contribution is 2.30. The number of methoxy groups -OCH3 is 1. The standard InChI is InChI=1S/C19H18N2O4/c1-11-17(15-10-14(24-3)8-9-16(15)25-11)19(23)21(2)13-6-4-12(5-7-13)18(20)22/h4-10H,1-3H3,(H2,20,22). The molecule has 128 valence electrons. The van der Waals surface area contributed by atoms with E-state index in [4.69, 9.17) is 14.9 Å². The van der Waals surface area contributed by atoms with Crippen molar-refractivity contribution in [2.24, 2.45) is 5.73 Å². The Balaban J connectivity index is 2.00. The number of amides is 2. The van der Waals surface area contributed by atoms with E-state index >= 15 is 0 Å². The molecule has 3 rings (SSSR count). The minimum absolute atomic E-state index is 0.212. The van der Waals surface area contributed by atoms with Crippen LogP contribution in [0.15, 0.2) is 46.9 Å². The molecule has 0 atom stereocenters. The average molecular weight is 338 g/mol. The maximum atomic E-state index is 13.0. The number of aryl methyl sites for hydroxylation is 1. The van der Waals surface area contributed by atoms with Crippen LogP contribution in [0.4, 0.5) is 5.69 Å². The topological polar surface area (TPSA) is 85.8 Å². The summed E-state index contributed by atoms with van der Waals surface area (Å²) in [6.07, 6.45) is 0. The van der Waals surface area contributed by atoms with Crippen molar-refractivity contribution in [1.29, 1.82) is 0 Å². The third kappa shape index (κ3) is 2.94. The van der Waals surface area contributed by atoms with Crippen LogP contribution in [0.3, 0.4) is 0 Å². The van der Waals surface area contributed by atoms with E-state index in [0.29, 0.717) is 39.3 Å². The first-order chi connectivity index (χ1) is 11.9. The van der Waals surface area contributed by atoms with Crippen LogP contribution >= 0.6 is 0 Å². The molecule has 6 nitrogen and oxygen atoms in total. The summed E-state index contributed by atoms with van der Waals surface area (Å²) in [6, 6.07) is 11.9. The van der Waals surface area contributed by atoms with Crippen molar-refractivity contribution < 1.29 is 18.7 Å². The van der Waals surface area contributed by atoms with Crippen LogP contribution in [0.2, 0.25) is 0 Å². The van der Waals surface area contributed by atoms with E-state index in [9.17, 15) is 9.59 Å². The second kappa shape index (κ2) is 6.32. The molecule has 0 spiro atoms. The quantitative estimate of drug-likeness (QED) is 0.792. The first kappa shape index (κ1) is 16.6. The van der Waals surface area contributed by atoms with Crippen LogP contribution in [0.25, 0.3) is 11.0 Å². The van der Waals surface area contributed by atoms with Crippen LogP contribution in [-0.4, -0.2) is 26.0 Å². The first-order valence-electron chi connectivity index (χ1n) is 7.67. The molecule has 1 aromatic heterocycles. The number of rotatable bonds is 4. The average Bonchev–Trinajstić information content (AvgIpc) is 2.95. The zero-order chi connectivity index (χ0) is 18.1. The molecule has 2 aromatic carbocycles. The van der Waals surface area contributed by atoms with E-state index in [1.165, 1.54) is 4.90 Å². The molecule has 0 radical (unpaired) electrons. The fourth-order valence-corrected chi connectivity index (χ4v) is 2.73. The molecule has 0 aliphatic rings. The maximum Gasteiger partial charge on any atom is 0.262 e. The molecule has 0 unspecified atom stereocenters. The van der Waals surface area contributed by atoms with E-state index in [-0.39, 0.29) is 5.91 Å². The third-order valence-electron chi connectivity index (χ3n) is 4.13. The highest BCUT2D eigenvalue weighted by molar-refractivity contribution is 6.14. The van der Waals surface area contributed by atoms with E-state index in [0.717, 1.165) is 0 Å². The van der Waals surface area contributed by atoms with E-state index in [2.05, 4.69) is 0 Å². The van der Waals surface area contributed by atoms with Gasteiger partial charge >= 0.3 is 0 Å². The Labute approximate surface area is 144 Å². The van der Waals surface area contributed by atoms with Gasteiger partial charge in [0.2, 0.25) is 5.91 Å². The maximum absolute atomic E-state index is 13.0. The van der Waals surface area contributed by atoms with Crippen molar-refractivity contribution >= 4 is 28.5 Å². The van der Waals surface area contributed by atoms with Gasteiger partial charge in [0.25, 0.3) is 5.91 Å². The predicted octanol–water partition coefficient (Wildman–Crippen LogP) is 3.13. The Morgan fingerprint density at radius 2 is 1.80 bits per heavy atom. The minimum atomic E-state index is -0.510. The zero-order valence-electron chi connectivity index (χ0n) is 14.2. The van der Waals surface area contributed by atoms with Crippen molar-refractivity contribution in [3.05, 3.63) is 59.4 Å². The van der Waals surface area contributed by atoms with Gasteiger partial charge in [-0.2, -0.15) is 0 Å². The van der Waals surface area contributed by atoms with E-state index in [1.54, 1.807) is 63.5 Å². The molecule has 0 aliphatic heterocycles. The summed E-state index contributed by atoms with van der Waals surface area (Å²) in [4.78, 5) is 25.7. The van der Waals surface area contributed by atoms with Gasteiger partial charge in [-0.3, -0.25) is 9.59 Å². The molecular formula is C19H18N2O4. The SMILES string of the molecule is COc1ccc2oc(C)c(C(=O)N(C)c3ccc(C(N)=O)cc3)c2c1. The van der Waals surface area contributed by atoms with Crippen LogP contribution in [0.1, 0.15) is 26.5 Å². The van der Waals surface area contributed by atoms with Crippen LogP contribution in [0.5, 0.6) is 5.75 Å². The number of nitrogens with two attached hydrogens (primary N) is 1. The summed E-state index contributed by atoms with van der Waals surface area (Å²) in [5, 5.41) is 0.697. The Morgan fingerprint density at radius 1 is 1.12 bits per heavy atom. The summed E-state index contributed by atoms with van der Waals surface area (Å²) in [5.74, 6) is 0.463. The number of furan rings is 1. The first-order valence-corrected chi connectivity index (χ1v) is 7.67. The Hall–Kier alpha value is -3.28. The van der Waals surface area contributed by atoms with Crippen LogP contribution in [0, 0.1) is 6.92 Å². The molecule has 2 amide bonds. The largest absolute Gasteiger partial charge is 0.497 e. The fourth-order valence-electron chi connectivity index (χ4n) is 2.73. The van der Waals surface area contributed by atoms with E-state index in [1.807, 2.05) is 0 Å². The molecule has 0 saturated carbocycles. The van der Waals surface area contributed by atoms with Gasteiger partial charge in [-0.15, -0.1) is 0 Å². The lowest BCUT2D eigenvalue weighted by Crippen LogP contribution is -2.26. The molecule has 0 fully saturated rings. The number of carbonyl (C=O) groups excluding carboxylic acids is 2. The number of ether oxygens (including phenoxy) is 1. The lowest BCUT2D eigenvalue weighted by Gasteiger charge is -2.17. The summed E-state index contributed by atoms with van der Waals surface area (Å²) in [6.45, 7) is 1.75.